The average Bonchev–Trinajstić information content (AvgIpc) is 2.86. The molecule has 1 aromatic heterocycles. The number of benzene rings is 1. The van der Waals surface area contributed by atoms with Crippen LogP contribution in [0.1, 0.15) is 16.1 Å². The molecule has 0 aliphatic heterocycles. The highest BCUT2D eigenvalue weighted by molar-refractivity contribution is 7.90. The molecule has 1 atom stereocenters. The highest BCUT2D eigenvalue weighted by atomic mass is 32.2. The Morgan fingerprint density at radius 3 is 2.38 bits per heavy atom. The zero-order chi connectivity index (χ0) is 15.6. The first kappa shape index (κ1) is 15.5. The van der Waals surface area contributed by atoms with Crippen molar-refractivity contribution in [2.45, 2.75) is 15.5 Å². The summed E-state index contributed by atoms with van der Waals surface area (Å²) in [4.78, 5) is 11.3. The number of aromatic carboxylic acids is 1. The molecule has 0 aliphatic rings. The van der Waals surface area contributed by atoms with E-state index in [-0.39, 0.29) is 22.0 Å². The fraction of sp³-hybridized carbons (Fsp3) is 0.154. The quantitative estimate of drug-likeness (QED) is 0.896. The van der Waals surface area contributed by atoms with Crippen LogP contribution >= 0.6 is 0 Å². The van der Waals surface area contributed by atoms with Crippen LogP contribution in [-0.4, -0.2) is 30.0 Å². The molecule has 2 aromatic rings. The molecule has 8 heteroatoms. The van der Waals surface area contributed by atoms with Gasteiger partial charge in [0.15, 0.2) is 9.84 Å². The van der Waals surface area contributed by atoms with Gasteiger partial charge >= 0.3 is 5.97 Å². The Morgan fingerprint density at radius 1 is 1.29 bits per heavy atom. The van der Waals surface area contributed by atoms with Crippen molar-refractivity contribution in [2.75, 3.05) is 6.26 Å². The van der Waals surface area contributed by atoms with Gasteiger partial charge in [-0.2, -0.15) is 0 Å². The van der Waals surface area contributed by atoms with Gasteiger partial charge in [-0.05, 0) is 30.3 Å². The molecule has 0 radical (unpaired) electrons. The van der Waals surface area contributed by atoms with E-state index < -0.39 is 26.6 Å². The average molecular weight is 328 g/mol. The monoisotopic (exact) mass is 328 g/mol. The summed E-state index contributed by atoms with van der Waals surface area (Å²) in [7, 11) is -4.74. The van der Waals surface area contributed by atoms with Crippen LogP contribution in [0.3, 0.4) is 0 Å². The second-order valence-electron chi connectivity index (χ2n) is 4.34. The van der Waals surface area contributed by atoms with Crippen molar-refractivity contribution >= 4 is 26.6 Å². The molecule has 1 heterocycles. The van der Waals surface area contributed by atoms with Crippen LogP contribution in [0.2, 0.25) is 0 Å². The van der Waals surface area contributed by atoms with E-state index in [0.29, 0.717) is 4.90 Å². The summed E-state index contributed by atoms with van der Waals surface area (Å²) >= 11 is 0. The Kier molecular flexibility index (Phi) is 4.29. The first-order chi connectivity index (χ1) is 9.77. The van der Waals surface area contributed by atoms with E-state index in [4.69, 9.17) is 9.52 Å². The molecule has 0 amide bonds. The Hall–Kier alpha value is -1.93. The predicted molar refractivity (Wildman–Crippen MR) is 75.3 cm³/mol. The summed E-state index contributed by atoms with van der Waals surface area (Å²) in [6.07, 6.45) is 2.18. The molecule has 112 valence electrons. The number of hydrogen-bond acceptors (Lipinski definition) is 5. The normalized spacial score (nSPS) is 13.0. The van der Waals surface area contributed by atoms with Crippen molar-refractivity contribution in [3.63, 3.8) is 0 Å². The minimum Gasteiger partial charge on any atom is -0.478 e. The molecule has 0 saturated heterocycles. The van der Waals surface area contributed by atoms with Crippen molar-refractivity contribution in [3.05, 3.63) is 47.9 Å². The highest BCUT2D eigenvalue weighted by Crippen LogP contribution is 2.17. The number of rotatable bonds is 5. The molecule has 21 heavy (non-hydrogen) atoms. The van der Waals surface area contributed by atoms with Crippen molar-refractivity contribution < 1.29 is 26.9 Å². The Bertz CT molecular complexity index is 786. The van der Waals surface area contributed by atoms with Gasteiger partial charge in [0.2, 0.25) is 0 Å². The molecule has 1 aromatic carbocycles. The maximum Gasteiger partial charge on any atom is 0.338 e. The zero-order valence-corrected chi connectivity index (χ0v) is 12.6. The maximum absolute atomic E-state index is 12.1. The second kappa shape index (κ2) is 5.82. The van der Waals surface area contributed by atoms with Crippen LogP contribution in [0.15, 0.2) is 50.8 Å². The van der Waals surface area contributed by atoms with E-state index in [2.05, 4.69) is 0 Å². The van der Waals surface area contributed by atoms with E-state index >= 15 is 0 Å². The van der Waals surface area contributed by atoms with Gasteiger partial charge in [0.05, 0.1) is 27.0 Å². The van der Waals surface area contributed by atoms with Gasteiger partial charge in [0.25, 0.3) is 0 Å². The maximum atomic E-state index is 12.1. The van der Waals surface area contributed by atoms with E-state index in [1.165, 1.54) is 30.3 Å². The smallest absolute Gasteiger partial charge is 0.338 e. The molecule has 2 rings (SSSR count). The van der Waals surface area contributed by atoms with Crippen molar-refractivity contribution in [1.82, 2.24) is 0 Å². The van der Waals surface area contributed by atoms with Gasteiger partial charge in [0, 0.05) is 11.2 Å². The zero-order valence-electron chi connectivity index (χ0n) is 11.0. The van der Waals surface area contributed by atoms with Crippen LogP contribution < -0.4 is 0 Å². The molecule has 0 saturated carbocycles. The molecule has 0 aliphatic carbocycles. The van der Waals surface area contributed by atoms with E-state index in [1.807, 2.05) is 0 Å². The van der Waals surface area contributed by atoms with Gasteiger partial charge in [-0.1, -0.05) is 0 Å². The van der Waals surface area contributed by atoms with Gasteiger partial charge in [-0.25, -0.2) is 13.2 Å². The minimum absolute atomic E-state index is 0.00516. The van der Waals surface area contributed by atoms with Crippen molar-refractivity contribution in [2.24, 2.45) is 0 Å². The number of carbonyl (C=O) groups is 1. The summed E-state index contributed by atoms with van der Waals surface area (Å²) in [5.41, 5.74) is -0.00516. The van der Waals surface area contributed by atoms with Crippen LogP contribution in [0.5, 0.6) is 0 Å². The van der Waals surface area contributed by atoms with Crippen molar-refractivity contribution in [1.29, 1.82) is 0 Å². The van der Waals surface area contributed by atoms with Gasteiger partial charge in [-0.15, -0.1) is 0 Å². The van der Waals surface area contributed by atoms with Crippen LogP contribution in [0.4, 0.5) is 0 Å². The molecule has 0 bridgehead atoms. The third-order valence-corrected chi connectivity index (χ3v) is 5.16. The standard InChI is InChI=1S/C13H12O6S2/c1-21(17,18)12-4-2-11(3-5-12)20(16)8-10-6-9(7-19-10)13(14)15/h2-7H,8H2,1H3,(H,14,15). The lowest BCUT2D eigenvalue weighted by Crippen LogP contribution is -1.99. The highest BCUT2D eigenvalue weighted by Gasteiger charge is 2.13. The first-order valence-corrected chi connectivity index (χ1v) is 8.97. The fourth-order valence-electron chi connectivity index (χ4n) is 1.62. The summed E-state index contributed by atoms with van der Waals surface area (Å²) in [6.45, 7) is 0. The van der Waals surface area contributed by atoms with Crippen molar-refractivity contribution in [3.8, 4) is 0 Å². The summed E-state index contributed by atoms with van der Waals surface area (Å²) in [5.74, 6) is -0.808. The predicted octanol–water partition coefficient (Wildman–Crippen LogP) is 1.69. The lowest BCUT2D eigenvalue weighted by molar-refractivity contribution is 0.0696. The number of furan rings is 1. The topological polar surface area (TPSA) is 102 Å². The Labute approximate surface area is 123 Å². The number of sulfone groups is 1. The summed E-state index contributed by atoms with van der Waals surface area (Å²) < 4.78 is 39.8. The van der Waals surface area contributed by atoms with Gasteiger partial charge < -0.3 is 9.52 Å². The second-order valence-corrected chi connectivity index (χ2v) is 7.81. The van der Waals surface area contributed by atoms with E-state index in [9.17, 15) is 17.4 Å². The van der Waals surface area contributed by atoms with E-state index in [1.54, 1.807) is 0 Å². The SMILES string of the molecule is CS(=O)(=O)c1ccc(S(=O)Cc2cc(C(=O)O)co2)cc1. The third-order valence-electron chi connectivity index (χ3n) is 2.69. The van der Waals surface area contributed by atoms with Gasteiger partial charge in [0.1, 0.15) is 12.0 Å². The number of carboxylic acid groups (broad SMARTS) is 1. The molecular weight excluding hydrogens is 316 g/mol. The number of carboxylic acids is 1. The first-order valence-electron chi connectivity index (χ1n) is 5.76. The molecule has 0 spiro atoms. The Balaban J connectivity index is 2.14. The van der Waals surface area contributed by atoms with Gasteiger partial charge in [-0.3, -0.25) is 4.21 Å². The molecule has 1 unspecified atom stereocenters. The summed E-state index contributed by atoms with van der Waals surface area (Å²) in [6, 6.07) is 7.01. The third kappa shape index (κ3) is 3.79. The molecule has 6 nitrogen and oxygen atoms in total. The lowest BCUT2D eigenvalue weighted by atomic mass is 10.3. The Morgan fingerprint density at radius 2 is 1.90 bits per heavy atom. The minimum atomic E-state index is -3.29. The number of hydrogen-bond donors (Lipinski definition) is 1. The summed E-state index contributed by atoms with van der Waals surface area (Å²) in [5, 5.41) is 8.76. The molecule has 1 N–H and O–H groups in total. The lowest BCUT2D eigenvalue weighted by Gasteiger charge is -2.02. The van der Waals surface area contributed by atoms with Crippen LogP contribution in [-0.2, 0) is 26.4 Å². The fourth-order valence-corrected chi connectivity index (χ4v) is 3.27. The largest absolute Gasteiger partial charge is 0.478 e. The van der Waals surface area contributed by atoms with E-state index in [0.717, 1.165) is 12.5 Å². The molecular formula is C13H12O6S2. The van der Waals surface area contributed by atoms with Crippen LogP contribution in [0, 0.1) is 0 Å². The van der Waals surface area contributed by atoms with Crippen LogP contribution in [0.25, 0.3) is 0 Å². The molecule has 0 fully saturated rings.